The first-order chi connectivity index (χ1) is 8.75. The summed E-state index contributed by atoms with van der Waals surface area (Å²) < 4.78 is 22.5. The number of carbonyl (C=O) groups is 1. The Morgan fingerprint density at radius 3 is 2.63 bits per heavy atom. The molecule has 0 aromatic heterocycles. The molecule has 1 aromatic carbocycles. The molecular weight excluding hydrogens is 270 g/mol. The van der Waals surface area contributed by atoms with Gasteiger partial charge in [0, 0.05) is 17.5 Å². The van der Waals surface area contributed by atoms with Gasteiger partial charge >= 0.3 is 0 Å². The number of anilines is 1. The van der Waals surface area contributed by atoms with Gasteiger partial charge in [0.05, 0.1) is 0 Å². The lowest BCUT2D eigenvalue weighted by molar-refractivity contribution is -0.115. The number of nitrogens with two attached hydrogens (primary N) is 1. The minimum Gasteiger partial charge on any atom is -0.409 e. The van der Waals surface area contributed by atoms with Crippen molar-refractivity contribution in [1.29, 1.82) is 0 Å². The lowest BCUT2D eigenvalue weighted by Gasteiger charge is -2.11. The highest BCUT2D eigenvalue weighted by Gasteiger charge is 2.23. The summed E-state index contributed by atoms with van der Waals surface area (Å²) in [4.78, 5) is 11.7. The smallest absolute Gasteiger partial charge is 0.242 e. The van der Waals surface area contributed by atoms with Gasteiger partial charge < -0.3 is 16.3 Å². The van der Waals surface area contributed by atoms with Gasteiger partial charge in [0.15, 0.2) is 15.7 Å². The molecule has 8 heteroatoms. The van der Waals surface area contributed by atoms with Gasteiger partial charge in [-0.2, -0.15) is 0 Å². The maximum atomic E-state index is 11.7. The van der Waals surface area contributed by atoms with Crippen molar-refractivity contribution in [3.05, 3.63) is 29.8 Å². The molecule has 0 radical (unpaired) electrons. The van der Waals surface area contributed by atoms with Crippen molar-refractivity contribution >= 4 is 27.3 Å². The van der Waals surface area contributed by atoms with Gasteiger partial charge in [-0.3, -0.25) is 4.79 Å². The van der Waals surface area contributed by atoms with Crippen LogP contribution in [-0.4, -0.2) is 36.9 Å². The maximum absolute atomic E-state index is 11.7. The van der Waals surface area contributed by atoms with E-state index in [0.717, 1.165) is 6.26 Å². The second-order valence-corrected chi connectivity index (χ2v) is 6.39. The monoisotopic (exact) mass is 285 g/mol. The lowest BCUT2D eigenvalue weighted by Crippen LogP contribution is -2.31. The average molecular weight is 285 g/mol. The topological polar surface area (TPSA) is 122 Å². The highest BCUT2D eigenvalue weighted by molar-refractivity contribution is 7.92. The van der Waals surface area contributed by atoms with Crippen LogP contribution in [0.15, 0.2) is 29.4 Å². The van der Waals surface area contributed by atoms with E-state index in [9.17, 15) is 13.2 Å². The first-order valence-electron chi connectivity index (χ1n) is 5.33. The molecule has 104 valence electrons. The predicted molar refractivity (Wildman–Crippen MR) is 71.9 cm³/mol. The number of benzene rings is 1. The molecule has 4 N–H and O–H groups in total. The highest BCUT2D eigenvalue weighted by Crippen LogP contribution is 2.12. The van der Waals surface area contributed by atoms with E-state index < -0.39 is 21.0 Å². The Labute approximate surface area is 111 Å². The number of amides is 1. The van der Waals surface area contributed by atoms with Gasteiger partial charge in [0.25, 0.3) is 0 Å². The zero-order chi connectivity index (χ0) is 14.6. The molecular formula is C11H15N3O4S. The Balaban J connectivity index is 2.92. The van der Waals surface area contributed by atoms with Gasteiger partial charge in [0.1, 0.15) is 5.25 Å². The maximum Gasteiger partial charge on any atom is 0.242 e. The van der Waals surface area contributed by atoms with Crippen molar-refractivity contribution in [2.45, 2.75) is 12.2 Å². The van der Waals surface area contributed by atoms with Gasteiger partial charge in [-0.25, -0.2) is 8.42 Å². The summed E-state index contributed by atoms with van der Waals surface area (Å²) in [7, 11) is -3.45. The molecule has 0 aliphatic heterocycles. The number of nitrogens with zero attached hydrogens (tertiary/aromatic N) is 1. The van der Waals surface area contributed by atoms with Crippen LogP contribution in [-0.2, 0) is 14.6 Å². The minimum absolute atomic E-state index is 0.104. The molecule has 0 aliphatic carbocycles. The number of hydrogen-bond acceptors (Lipinski definition) is 5. The molecule has 1 amide bonds. The Kier molecular flexibility index (Phi) is 4.49. The molecule has 0 fully saturated rings. The Hall–Kier alpha value is -2.09. The first kappa shape index (κ1) is 15.0. The molecule has 0 saturated heterocycles. The fourth-order valence-electron chi connectivity index (χ4n) is 1.25. The van der Waals surface area contributed by atoms with Crippen molar-refractivity contribution in [3.8, 4) is 0 Å². The molecule has 7 nitrogen and oxygen atoms in total. The minimum atomic E-state index is -3.45. The predicted octanol–water partition coefficient (Wildman–Crippen LogP) is 0.153. The summed E-state index contributed by atoms with van der Waals surface area (Å²) >= 11 is 0. The molecule has 0 spiro atoms. The van der Waals surface area contributed by atoms with E-state index in [2.05, 4.69) is 10.5 Å². The van der Waals surface area contributed by atoms with E-state index in [1.807, 2.05) is 0 Å². The van der Waals surface area contributed by atoms with E-state index in [1.54, 1.807) is 18.2 Å². The van der Waals surface area contributed by atoms with Crippen LogP contribution < -0.4 is 11.1 Å². The van der Waals surface area contributed by atoms with Crippen LogP contribution in [0.1, 0.15) is 12.5 Å². The molecule has 1 atom stereocenters. The van der Waals surface area contributed by atoms with Crippen molar-refractivity contribution in [2.24, 2.45) is 10.9 Å². The van der Waals surface area contributed by atoms with E-state index in [1.165, 1.54) is 13.0 Å². The highest BCUT2D eigenvalue weighted by atomic mass is 32.2. The third-order valence-electron chi connectivity index (χ3n) is 2.55. The molecule has 0 saturated carbocycles. The van der Waals surface area contributed by atoms with Crippen molar-refractivity contribution in [3.63, 3.8) is 0 Å². The molecule has 1 aromatic rings. The van der Waals surface area contributed by atoms with E-state index >= 15 is 0 Å². The largest absolute Gasteiger partial charge is 0.409 e. The number of rotatable bonds is 4. The quantitative estimate of drug-likeness (QED) is 0.314. The summed E-state index contributed by atoms with van der Waals surface area (Å²) in [5.41, 5.74) is 6.19. The van der Waals surface area contributed by atoms with E-state index in [-0.39, 0.29) is 5.84 Å². The Morgan fingerprint density at radius 2 is 2.11 bits per heavy atom. The zero-order valence-corrected chi connectivity index (χ0v) is 11.3. The summed E-state index contributed by atoms with van der Waals surface area (Å²) in [5, 5.41) is 12.7. The second-order valence-electron chi connectivity index (χ2n) is 4.03. The molecule has 1 rings (SSSR count). The number of carbonyl (C=O) groups excluding carboxylic acids is 1. The Bertz CT molecular complexity index is 610. The SMILES string of the molecule is CC(C(=O)Nc1cccc(/C(N)=N/O)c1)S(C)(=O)=O. The molecule has 1 unspecified atom stereocenters. The number of oxime groups is 1. The first-order valence-corrected chi connectivity index (χ1v) is 7.29. The summed E-state index contributed by atoms with van der Waals surface area (Å²) in [5.74, 6) is -0.744. The standard InChI is InChI=1S/C11H15N3O4S/c1-7(19(2,17)18)11(15)13-9-5-3-4-8(6-9)10(12)14-16/h3-7,16H,1-2H3,(H2,12,14)(H,13,15). The van der Waals surface area contributed by atoms with Crippen LogP contribution in [0.4, 0.5) is 5.69 Å². The van der Waals surface area contributed by atoms with Crippen LogP contribution in [0.3, 0.4) is 0 Å². The third-order valence-corrected chi connectivity index (χ3v) is 4.04. The van der Waals surface area contributed by atoms with E-state index in [0.29, 0.717) is 11.3 Å². The molecule has 19 heavy (non-hydrogen) atoms. The number of amidine groups is 1. The number of hydrogen-bond donors (Lipinski definition) is 3. The summed E-state index contributed by atoms with van der Waals surface area (Å²) in [6.07, 6.45) is 0.990. The molecule has 0 aliphatic rings. The molecule has 0 bridgehead atoms. The van der Waals surface area contributed by atoms with Crippen LogP contribution in [0.2, 0.25) is 0 Å². The fraction of sp³-hybridized carbons (Fsp3) is 0.273. The number of nitrogens with one attached hydrogen (secondary N) is 1. The number of sulfone groups is 1. The van der Waals surface area contributed by atoms with E-state index in [4.69, 9.17) is 10.9 Å². The van der Waals surface area contributed by atoms with Crippen LogP contribution in [0.5, 0.6) is 0 Å². The summed E-state index contributed by atoms with van der Waals surface area (Å²) in [6.45, 7) is 1.30. The van der Waals surface area contributed by atoms with Gasteiger partial charge in [-0.05, 0) is 19.1 Å². The van der Waals surface area contributed by atoms with Gasteiger partial charge in [-0.15, -0.1) is 0 Å². The lowest BCUT2D eigenvalue weighted by atomic mass is 10.2. The van der Waals surface area contributed by atoms with Crippen LogP contribution in [0.25, 0.3) is 0 Å². The zero-order valence-electron chi connectivity index (χ0n) is 10.5. The molecule has 0 heterocycles. The van der Waals surface area contributed by atoms with Crippen LogP contribution >= 0.6 is 0 Å². The average Bonchev–Trinajstić information content (AvgIpc) is 2.36. The summed E-state index contributed by atoms with van der Waals surface area (Å²) in [6, 6.07) is 6.22. The van der Waals surface area contributed by atoms with Gasteiger partial charge in [0.2, 0.25) is 5.91 Å². The van der Waals surface area contributed by atoms with Crippen molar-refractivity contribution < 1.29 is 18.4 Å². The van der Waals surface area contributed by atoms with Crippen molar-refractivity contribution in [2.75, 3.05) is 11.6 Å². The second kappa shape index (κ2) is 5.70. The van der Waals surface area contributed by atoms with Crippen molar-refractivity contribution in [1.82, 2.24) is 0 Å². The Morgan fingerprint density at radius 1 is 1.47 bits per heavy atom. The normalized spacial score (nSPS) is 13.9. The third kappa shape index (κ3) is 3.95. The van der Waals surface area contributed by atoms with Gasteiger partial charge in [-0.1, -0.05) is 17.3 Å². The fourth-order valence-corrected chi connectivity index (χ4v) is 1.70. The van der Waals surface area contributed by atoms with Crippen LogP contribution in [0, 0.1) is 0 Å².